The maximum atomic E-state index is 13.0. The molecular formula is C17H16N2O5S. The molecule has 0 N–H and O–H groups in total. The average molecular weight is 360 g/mol. The first-order chi connectivity index (χ1) is 11.9. The average Bonchev–Trinajstić information content (AvgIpc) is 2.63. The second-order valence-electron chi connectivity index (χ2n) is 5.51. The zero-order valence-corrected chi connectivity index (χ0v) is 14.5. The van der Waals surface area contributed by atoms with Crippen LogP contribution in [0.2, 0.25) is 0 Å². The number of hydrogen-bond donors (Lipinski definition) is 0. The number of methoxy groups -OCH3 is 1. The number of sulfonamides is 1. The molecule has 2 aromatic carbocycles. The highest BCUT2D eigenvalue weighted by Gasteiger charge is 2.40. The Labute approximate surface area is 145 Å². The summed E-state index contributed by atoms with van der Waals surface area (Å²) >= 11 is 0. The first-order valence-corrected chi connectivity index (χ1v) is 8.87. The number of urea groups is 1. The van der Waals surface area contributed by atoms with Crippen molar-refractivity contribution in [2.45, 2.75) is 11.4 Å². The fourth-order valence-corrected chi connectivity index (χ4v) is 4.27. The number of ether oxygens (including phenoxy) is 1. The Balaban J connectivity index is 2.10. The number of carbonyl (C=O) groups excluding carboxylic acids is 2. The van der Waals surface area contributed by atoms with Crippen LogP contribution in [0.4, 0.5) is 10.5 Å². The van der Waals surface area contributed by atoms with Gasteiger partial charge in [0.1, 0.15) is 4.90 Å². The molecule has 130 valence electrons. The fraction of sp³-hybridized carbons (Fsp3) is 0.176. The van der Waals surface area contributed by atoms with E-state index in [4.69, 9.17) is 0 Å². The molecule has 0 unspecified atom stereocenters. The van der Waals surface area contributed by atoms with Gasteiger partial charge < -0.3 is 4.74 Å². The molecule has 0 spiro atoms. The molecule has 0 fully saturated rings. The summed E-state index contributed by atoms with van der Waals surface area (Å²) in [6, 6.07) is 12.3. The number of fused-ring (bicyclic) bond motifs is 1. The highest BCUT2D eigenvalue weighted by atomic mass is 32.2. The van der Waals surface area contributed by atoms with Gasteiger partial charge in [-0.25, -0.2) is 22.3 Å². The Morgan fingerprint density at radius 3 is 2.44 bits per heavy atom. The largest absolute Gasteiger partial charge is 0.465 e. The Bertz CT molecular complexity index is 941. The van der Waals surface area contributed by atoms with Gasteiger partial charge in [0.25, 0.3) is 10.0 Å². The van der Waals surface area contributed by atoms with Crippen molar-refractivity contribution in [2.75, 3.05) is 19.1 Å². The Morgan fingerprint density at radius 1 is 1.12 bits per heavy atom. The summed E-state index contributed by atoms with van der Waals surface area (Å²) in [5.74, 6) is -0.646. The zero-order valence-electron chi connectivity index (χ0n) is 13.7. The van der Waals surface area contributed by atoms with E-state index in [0.29, 0.717) is 5.56 Å². The summed E-state index contributed by atoms with van der Waals surface area (Å²) in [5, 5.41) is 0. The van der Waals surface area contributed by atoms with Crippen LogP contribution in [0.5, 0.6) is 0 Å². The van der Waals surface area contributed by atoms with E-state index in [1.807, 2.05) is 0 Å². The number of hydrogen-bond acceptors (Lipinski definition) is 5. The van der Waals surface area contributed by atoms with Gasteiger partial charge in [0.15, 0.2) is 0 Å². The van der Waals surface area contributed by atoms with Crippen LogP contribution in [0.25, 0.3) is 0 Å². The molecule has 2 aromatic rings. The van der Waals surface area contributed by atoms with Crippen LogP contribution in [0, 0.1) is 0 Å². The van der Waals surface area contributed by atoms with E-state index in [0.717, 1.165) is 4.31 Å². The van der Waals surface area contributed by atoms with Gasteiger partial charge in [-0.15, -0.1) is 0 Å². The summed E-state index contributed by atoms with van der Waals surface area (Å²) in [6.07, 6.45) is 0. The molecular weight excluding hydrogens is 344 g/mol. The maximum Gasteiger partial charge on any atom is 0.338 e. The van der Waals surface area contributed by atoms with Crippen molar-refractivity contribution in [1.82, 2.24) is 4.31 Å². The molecule has 25 heavy (non-hydrogen) atoms. The van der Waals surface area contributed by atoms with Gasteiger partial charge in [-0.3, -0.25) is 4.90 Å². The first-order valence-electron chi connectivity index (χ1n) is 7.43. The molecule has 0 radical (unpaired) electrons. The summed E-state index contributed by atoms with van der Waals surface area (Å²) in [6.45, 7) is -0.0890. The van der Waals surface area contributed by atoms with Gasteiger partial charge in [0.2, 0.25) is 0 Å². The Morgan fingerprint density at radius 2 is 1.80 bits per heavy atom. The van der Waals surface area contributed by atoms with E-state index in [1.165, 1.54) is 37.3 Å². The molecule has 8 heteroatoms. The minimum absolute atomic E-state index is 0.0890. The van der Waals surface area contributed by atoms with Crippen molar-refractivity contribution in [2.24, 2.45) is 0 Å². The predicted octanol–water partition coefficient (Wildman–Crippen LogP) is 2.23. The topological polar surface area (TPSA) is 84.0 Å². The molecule has 7 nitrogen and oxygen atoms in total. The van der Waals surface area contributed by atoms with E-state index in [1.54, 1.807) is 30.3 Å². The normalized spacial score (nSPS) is 15.7. The molecule has 0 bridgehead atoms. The fourth-order valence-electron chi connectivity index (χ4n) is 2.64. The number of anilines is 1. The highest BCUT2D eigenvalue weighted by Crippen LogP contribution is 2.35. The van der Waals surface area contributed by atoms with Gasteiger partial charge in [-0.05, 0) is 23.8 Å². The quantitative estimate of drug-likeness (QED) is 0.784. The van der Waals surface area contributed by atoms with Crippen LogP contribution in [-0.4, -0.2) is 38.9 Å². The third kappa shape index (κ3) is 2.85. The number of esters is 1. The first kappa shape index (κ1) is 17.0. The van der Waals surface area contributed by atoms with Crippen molar-refractivity contribution in [3.05, 3.63) is 59.7 Å². The number of nitrogens with zero attached hydrogens (tertiary/aromatic N) is 2. The van der Waals surface area contributed by atoms with Crippen molar-refractivity contribution >= 4 is 27.7 Å². The van der Waals surface area contributed by atoms with E-state index in [-0.39, 0.29) is 22.7 Å². The standard InChI is InChI=1S/C17H16N2O5S/c1-18-14-9-8-13(16(20)24-2)10-15(14)25(22,23)19(17(18)21)11-12-6-4-3-5-7-12/h3-10H,11H2,1-2H3. The molecule has 1 aliphatic heterocycles. The Hall–Kier alpha value is -2.87. The smallest absolute Gasteiger partial charge is 0.338 e. The van der Waals surface area contributed by atoms with Crippen LogP contribution in [0.15, 0.2) is 53.4 Å². The molecule has 2 amide bonds. The number of benzene rings is 2. The molecule has 0 saturated carbocycles. The Kier molecular flexibility index (Phi) is 4.22. The molecule has 0 aromatic heterocycles. The van der Waals surface area contributed by atoms with Gasteiger partial charge in [0.05, 0.1) is 24.9 Å². The van der Waals surface area contributed by atoms with Crippen LogP contribution in [0.1, 0.15) is 15.9 Å². The van der Waals surface area contributed by atoms with E-state index in [9.17, 15) is 18.0 Å². The number of rotatable bonds is 3. The van der Waals surface area contributed by atoms with Crippen LogP contribution in [0.3, 0.4) is 0 Å². The minimum Gasteiger partial charge on any atom is -0.465 e. The molecule has 1 aliphatic rings. The van der Waals surface area contributed by atoms with E-state index >= 15 is 0 Å². The summed E-state index contributed by atoms with van der Waals surface area (Å²) in [4.78, 5) is 25.4. The summed E-state index contributed by atoms with van der Waals surface area (Å²) < 4.78 is 31.3. The lowest BCUT2D eigenvalue weighted by Gasteiger charge is -2.34. The third-order valence-corrected chi connectivity index (χ3v) is 5.73. The third-order valence-electron chi connectivity index (χ3n) is 3.98. The lowest BCUT2D eigenvalue weighted by atomic mass is 10.2. The van der Waals surface area contributed by atoms with Crippen molar-refractivity contribution < 1.29 is 22.7 Å². The highest BCUT2D eigenvalue weighted by molar-refractivity contribution is 7.90. The molecule has 1 heterocycles. The van der Waals surface area contributed by atoms with Crippen molar-refractivity contribution in [3.8, 4) is 0 Å². The molecule has 0 saturated heterocycles. The van der Waals surface area contributed by atoms with Crippen molar-refractivity contribution in [1.29, 1.82) is 0 Å². The van der Waals surface area contributed by atoms with Crippen molar-refractivity contribution in [3.63, 3.8) is 0 Å². The summed E-state index contributed by atoms with van der Waals surface area (Å²) in [7, 11) is -1.39. The monoisotopic (exact) mass is 360 g/mol. The second-order valence-corrected chi connectivity index (χ2v) is 7.34. The van der Waals surface area contributed by atoms with Crippen LogP contribution in [-0.2, 0) is 21.3 Å². The van der Waals surface area contributed by atoms with E-state index in [2.05, 4.69) is 4.74 Å². The number of carbonyl (C=O) groups is 2. The maximum absolute atomic E-state index is 13.0. The zero-order chi connectivity index (χ0) is 18.2. The van der Waals surface area contributed by atoms with Gasteiger partial charge in [-0.2, -0.15) is 0 Å². The molecule has 3 rings (SSSR count). The minimum atomic E-state index is -4.09. The lowest BCUT2D eigenvalue weighted by molar-refractivity contribution is 0.0600. The van der Waals surface area contributed by atoms with E-state index < -0.39 is 22.0 Å². The van der Waals surface area contributed by atoms with Gasteiger partial charge in [0, 0.05) is 7.05 Å². The number of amides is 2. The van der Waals surface area contributed by atoms with Crippen LogP contribution >= 0.6 is 0 Å². The summed E-state index contributed by atoms with van der Waals surface area (Å²) in [5.41, 5.74) is 1.01. The second kappa shape index (κ2) is 6.21. The molecule has 0 atom stereocenters. The molecule has 0 aliphatic carbocycles. The predicted molar refractivity (Wildman–Crippen MR) is 90.8 cm³/mol. The van der Waals surface area contributed by atoms with Gasteiger partial charge >= 0.3 is 12.0 Å². The van der Waals surface area contributed by atoms with Crippen LogP contribution < -0.4 is 4.90 Å². The SMILES string of the molecule is COC(=O)c1ccc2c(c1)S(=O)(=O)N(Cc1ccccc1)C(=O)N2C. The lowest BCUT2D eigenvalue weighted by Crippen LogP contribution is -2.48. The van der Waals surface area contributed by atoms with Gasteiger partial charge in [-0.1, -0.05) is 30.3 Å².